The molecule has 112 valence electrons. The highest BCUT2D eigenvalue weighted by atomic mass is 19.3. The average molecular weight is 300 g/mol. The van der Waals surface area contributed by atoms with Gasteiger partial charge in [-0.3, -0.25) is 4.98 Å². The van der Waals surface area contributed by atoms with Crippen LogP contribution in [0.25, 0.3) is 10.9 Å². The Kier molecular flexibility index (Phi) is 4.14. The first kappa shape index (κ1) is 14.3. The number of alkyl halides is 2. The average Bonchev–Trinajstić information content (AvgIpc) is 2.54. The van der Waals surface area contributed by atoms with Crippen molar-refractivity contribution in [2.24, 2.45) is 0 Å². The van der Waals surface area contributed by atoms with Crippen LogP contribution in [0.15, 0.2) is 60.8 Å². The Hall–Kier alpha value is -2.69. The molecule has 3 nitrogen and oxygen atoms in total. The molecule has 0 aliphatic rings. The molecule has 1 N–H and O–H groups in total. The van der Waals surface area contributed by atoms with Crippen LogP contribution in [0, 0.1) is 0 Å². The Balaban J connectivity index is 1.71. The highest BCUT2D eigenvalue weighted by molar-refractivity contribution is 5.90. The minimum absolute atomic E-state index is 0.158. The van der Waals surface area contributed by atoms with Gasteiger partial charge < -0.3 is 10.1 Å². The number of benzene rings is 2. The van der Waals surface area contributed by atoms with Gasteiger partial charge in [0, 0.05) is 18.1 Å². The van der Waals surface area contributed by atoms with E-state index in [2.05, 4.69) is 15.0 Å². The molecule has 0 fully saturated rings. The lowest BCUT2D eigenvalue weighted by molar-refractivity contribution is -0.0498. The van der Waals surface area contributed by atoms with E-state index in [4.69, 9.17) is 0 Å². The lowest BCUT2D eigenvalue weighted by Crippen LogP contribution is -2.03. The first-order chi connectivity index (χ1) is 10.7. The van der Waals surface area contributed by atoms with E-state index in [1.165, 1.54) is 12.1 Å². The van der Waals surface area contributed by atoms with E-state index in [1.807, 2.05) is 30.3 Å². The summed E-state index contributed by atoms with van der Waals surface area (Å²) in [6.45, 7) is -2.23. The van der Waals surface area contributed by atoms with Gasteiger partial charge in [0.25, 0.3) is 0 Å². The van der Waals surface area contributed by atoms with Crippen molar-refractivity contribution in [1.29, 1.82) is 0 Å². The molecule has 5 heteroatoms. The second kappa shape index (κ2) is 6.39. The van der Waals surface area contributed by atoms with Crippen molar-refractivity contribution in [3.8, 4) is 5.75 Å². The van der Waals surface area contributed by atoms with Gasteiger partial charge in [0.15, 0.2) is 0 Å². The van der Waals surface area contributed by atoms with E-state index in [1.54, 1.807) is 18.3 Å². The number of pyridine rings is 1. The Morgan fingerprint density at radius 1 is 1.00 bits per heavy atom. The highest BCUT2D eigenvalue weighted by Crippen LogP contribution is 2.22. The normalized spacial score (nSPS) is 10.9. The van der Waals surface area contributed by atoms with Gasteiger partial charge in [0.05, 0.1) is 11.2 Å². The SMILES string of the molecule is FC(F)Oc1ccc(CNc2cccc3cccnc23)cc1. The Bertz CT molecular complexity index is 755. The number of rotatable bonds is 5. The lowest BCUT2D eigenvalue weighted by atomic mass is 10.1. The highest BCUT2D eigenvalue weighted by Gasteiger charge is 2.04. The van der Waals surface area contributed by atoms with Gasteiger partial charge in [-0.2, -0.15) is 8.78 Å². The van der Waals surface area contributed by atoms with Crippen molar-refractivity contribution in [1.82, 2.24) is 4.98 Å². The zero-order chi connectivity index (χ0) is 15.4. The lowest BCUT2D eigenvalue weighted by Gasteiger charge is -2.10. The molecule has 1 aromatic heterocycles. The van der Waals surface area contributed by atoms with Gasteiger partial charge in [-0.1, -0.05) is 30.3 Å². The van der Waals surface area contributed by atoms with E-state index in [9.17, 15) is 8.78 Å². The molecule has 0 radical (unpaired) electrons. The fraction of sp³-hybridized carbons (Fsp3) is 0.118. The summed E-state index contributed by atoms with van der Waals surface area (Å²) in [6, 6.07) is 16.4. The topological polar surface area (TPSA) is 34.1 Å². The van der Waals surface area contributed by atoms with E-state index >= 15 is 0 Å². The molecule has 22 heavy (non-hydrogen) atoms. The van der Waals surface area contributed by atoms with Crippen LogP contribution in [0.1, 0.15) is 5.56 Å². The van der Waals surface area contributed by atoms with Gasteiger partial charge in [0.2, 0.25) is 0 Å². The number of aromatic nitrogens is 1. The molecule has 0 amide bonds. The van der Waals surface area contributed by atoms with Crippen molar-refractivity contribution in [3.63, 3.8) is 0 Å². The molecule has 0 saturated carbocycles. The zero-order valence-corrected chi connectivity index (χ0v) is 11.7. The van der Waals surface area contributed by atoms with Crippen molar-refractivity contribution in [2.45, 2.75) is 13.2 Å². The van der Waals surface area contributed by atoms with E-state index in [0.29, 0.717) is 6.54 Å². The number of hydrogen-bond donors (Lipinski definition) is 1. The maximum absolute atomic E-state index is 12.1. The fourth-order valence-electron chi connectivity index (χ4n) is 2.23. The summed E-state index contributed by atoms with van der Waals surface area (Å²) in [4.78, 5) is 4.37. The predicted octanol–water partition coefficient (Wildman–Crippen LogP) is 4.45. The van der Waals surface area contributed by atoms with Crippen LogP contribution in [0.3, 0.4) is 0 Å². The molecule has 0 unspecified atom stereocenters. The molecule has 1 heterocycles. The molecule has 0 atom stereocenters. The molecule has 3 rings (SSSR count). The number of anilines is 1. The van der Waals surface area contributed by atoms with Crippen LogP contribution in [0.4, 0.5) is 14.5 Å². The van der Waals surface area contributed by atoms with Crippen molar-refractivity contribution in [3.05, 3.63) is 66.4 Å². The van der Waals surface area contributed by atoms with Crippen molar-refractivity contribution >= 4 is 16.6 Å². The third-order valence-electron chi connectivity index (χ3n) is 3.26. The zero-order valence-electron chi connectivity index (χ0n) is 11.7. The monoisotopic (exact) mass is 300 g/mol. The largest absolute Gasteiger partial charge is 0.435 e. The molecule has 0 bridgehead atoms. The van der Waals surface area contributed by atoms with Gasteiger partial charge in [0.1, 0.15) is 5.75 Å². The quantitative estimate of drug-likeness (QED) is 0.756. The van der Waals surface area contributed by atoms with Gasteiger partial charge in [-0.25, -0.2) is 0 Å². The number of fused-ring (bicyclic) bond motifs is 1. The predicted molar refractivity (Wildman–Crippen MR) is 82.1 cm³/mol. The fourth-order valence-corrected chi connectivity index (χ4v) is 2.23. The molecular weight excluding hydrogens is 286 g/mol. The Morgan fingerprint density at radius 3 is 2.55 bits per heavy atom. The second-order valence-electron chi connectivity index (χ2n) is 4.76. The number of para-hydroxylation sites is 1. The van der Waals surface area contributed by atoms with Crippen LogP contribution >= 0.6 is 0 Å². The summed E-state index contributed by atoms with van der Waals surface area (Å²) in [5.74, 6) is 0.158. The summed E-state index contributed by atoms with van der Waals surface area (Å²) in [5.41, 5.74) is 2.81. The molecule has 0 aliphatic heterocycles. The molecule has 0 spiro atoms. The molecule has 3 aromatic rings. The van der Waals surface area contributed by atoms with Gasteiger partial charge in [-0.05, 0) is 29.8 Å². The van der Waals surface area contributed by atoms with Crippen molar-refractivity contribution < 1.29 is 13.5 Å². The van der Waals surface area contributed by atoms with Crippen molar-refractivity contribution in [2.75, 3.05) is 5.32 Å². The Labute approximate surface area is 126 Å². The summed E-state index contributed by atoms with van der Waals surface area (Å²) >= 11 is 0. The maximum Gasteiger partial charge on any atom is 0.387 e. The van der Waals surface area contributed by atoms with Crippen LogP contribution in [0.5, 0.6) is 5.75 Å². The molecular formula is C17H14F2N2O. The standard InChI is InChI=1S/C17H14F2N2O/c18-17(19)22-14-8-6-12(7-9-14)11-21-15-5-1-3-13-4-2-10-20-16(13)15/h1-10,17,21H,11H2. The van der Waals surface area contributed by atoms with E-state index < -0.39 is 6.61 Å². The summed E-state index contributed by atoms with van der Waals surface area (Å²) in [5, 5.41) is 4.38. The molecule has 0 saturated heterocycles. The third-order valence-corrected chi connectivity index (χ3v) is 3.26. The van der Waals surface area contributed by atoms with Crippen LogP contribution in [-0.2, 0) is 6.54 Å². The number of nitrogens with zero attached hydrogens (tertiary/aromatic N) is 1. The van der Waals surface area contributed by atoms with E-state index in [-0.39, 0.29) is 5.75 Å². The minimum atomic E-state index is -2.80. The second-order valence-corrected chi connectivity index (χ2v) is 4.76. The number of halogens is 2. The molecule has 2 aromatic carbocycles. The summed E-state index contributed by atoms with van der Waals surface area (Å²) in [7, 11) is 0. The van der Waals surface area contributed by atoms with Crippen LogP contribution in [0.2, 0.25) is 0 Å². The minimum Gasteiger partial charge on any atom is -0.435 e. The third kappa shape index (κ3) is 3.31. The number of hydrogen-bond acceptors (Lipinski definition) is 3. The number of nitrogens with one attached hydrogen (secondary N) is 1. The first-order valence-corrected chi connectivity index (χ1v) is 6.84. The number of ether oxygens (including phenoxy) is 1. The van der Waals surface area contributed by atoms with Gasteiger partial charge in [-0.15, -0.1) is 0 Å². The van der Waals surface area contributed by atoms with E-state index in [0.717, 1.165) is 22.2 Å². The Morgan fingerprint density at radius 2 is 1.77 bits per heavy atom. The summed E-state index contributed by atoms with van der Waals surface area (Å²) in [6.07, 6.45) is 1.75. The van der Waals surface area contributed by atoms with Crippen LogP contribution < -0.4 is 10.1 Å². The smallest absolute Gasteiger partial charge is 0.387 e. The maximum atomic E-state index is 12.1. The van der Waals surface area contributed by atoms with Gasteiger partial charge >= 0.3 is 6.61 Å². The first-order valence-electron chi connectivity index (χ1n) is 6.84. The molecule has 0 aliphatic carbocycles. The van der Waals surface area contributed by atoms with Crippen LogP contribution in [-0.4, -0.2) is 11.6 Å². The summed E-state index contributed by atoms with van der Waals surface area (Å²) < 4.78 is 28.5.